The van der Waals surface area contributed by atoms with Gasteiger partial charge in [0.2, 0.25) is 0 Å². The maximum absolute atomic E-state index is 12.2. The van der Waals surface area contributed by atoms with Crippen molar-refractivity contribution < 1.29 is 23.6 Å². The zero-order chi connectivity index (χ0) is 20.6. The molecule has 4 N–H and O–H groups in total. The molecule has 4 amide bonds. The van der Waals surface area contributed by atoms with Gasteiger partial charge in [0, 0.05) is 11.3 Å². The highest BCUT2D eigenvalue weighted by Gasteiger charge is 2.15. The van der Waals surface area contributed by atoms with Crippen LogP contribution >= 0.6 is 11.3 Å². The Morgan fingerprint density at radius 3 is 2.48 bits per heavy atom. The standard InChI is InChI=1S/C19H16N4O5S/c24-16(22-23-19(27)18(26)20-11-14-6-2-8-28-14)12-4-1-5-13(10-12)21-17(25)15-7-3-9-29-15/h1-10H,11H2,(H,20,26)(H,21,25)(H,22,24)(H,23,27). The maximum atomic E-state index is 12.2. The number of hydrogen-bond donors (Lipinski definition) is 4. The average Bonchev–Trinajstić information content (AvgIpc) is 3.44. The van der Waals surface area contributed by atoms with E-state index in [1.807, 2.05) is 5.43 Å². The predicted octanol–water partition coefficient (Wildman–Crippen LogP) is 1.67. The van der Waals surface area contributed by atoms with Crippen LogP contribution in [0.5, 0.6) is 0 Å². The molecule has 9 nitrogen and oxygen atoms in total. The number of amides is 4. The minimum Gasteiger partial charge on any atom is -0.467 e. The third-order valence-corrected chi connectivity index (χ3v) is 4.50. The molecule has 148 valence electrons. The molecular weight excluding hydrogens is 396 g/mol. The molecule has 0 spiro atoms. The van der Waals surface area contributed by atoms with Gasteiger partial charge in [-0.25, -0.2) is 0 Å². The highest BCUT2D eigenvalue weighted by Crippen LogP contribution is 2.14. The first-order valence-electron chi connectivity index (χ1n) is 8.39. The van der Waals surface area contributed by atoms with Crippen molar-refractivity contribution in [3.05, 3.63) is 76.4 Å². The van der Waals surface area contributed by atoms with Crippen LogP contribution in [0.1, 0.15) is 25.8 Å². The fourth-order valence-electron chi connectivity index (χ4n) is 2.24. The topological polar surface area (TPSA) is 130 Å². The van der Waals surface area contributed by atoms with Gasteiger partial charge in [0.05, 0.1) is 17.7 Å². The van der Waals surface area contributed by atoms with E-state index in [0.717, 1.165) is 0 Å². The summed E-state index contributed by atoms with van der Waals surface area (Å²) in [6, 6.07) is 12.9. The van der Waals surface area contributed by atoms with Crippen molar-refractivity contribution in [3.63, 3.8) is 0 Å². The Hall–Kier alpha value is -3.92. The minimum atomic E-state index is -1.04. The van der Waals surface area contributed by atoms with Crippen molar-refractivity contribution in [1.29, 1.82) is 0 Å². The summed E-state index contributed by atoms with van der Waals surface area (Å²) in [5.41, 5.74) is 4.77. The van der Waals surface area contributed by atoms with Gasteiger partial charge in [-0.15, -0.1) is 11.3 Å². The van der Waals surface area contributed by atoms with E-state index in [2.05, 4.69) is 16.1 Å². The zero-order valence-electron chi connectivity index (χ0n) is 14.9. The van der Waals surface area contributed by atoms with E-state index in [4.69, 9.17) is 4.42 Å². The lowest BCUT2D eigenvalue weighted by molar-refractivity contribution is -0.139. The van der Waals surface area contributed by atoms with E-state index < -0.39 is 17.7 Å². The summed E-state index contributed by atoms with van der Waals surface area (Å²) >= 11 is 1.30. The molecule has 0 unspecified atom stereocenters. The lowest BCUT2D eigenvalue weighted by Gasteiger charge is -2.09. The van der Waals surface area contributed by atoms with Crippen LogP contribution in [0.15, 0.2) is 64.6 Å². The molecular formula is C19H16N4O5S. The second-order valence-electron chi connectivity index (χ2n) is 5.68. The Morgan fingerprint density at radius 2 is 1.76 bits per heavy atom. The molecule has 3 rings (SSSR count). The molecule has 10 heteroatoms. The number of furan rings is 1. The quantitative estimate of drug-likeness (QED) is 0.374. The van der Waals surface area contributed by atoms with E-state index in [1.165, 1.54) is 29.7 Å². The van der Waals surface area contributed by atoms with E-state index in [-0.39, 0.29) is 18.0 Å². The Bertz CT molecular complexity index is 1020. The predicted molar refractivity (Wildman–Crippen MR) is 105 cm³/mol. The number of anilines is 1. The second-order valence-corrected chi connectivity index (χ2v) is 6.63. The molecule has 1 aromatic carbocycles. The molecule has 0 bridgehead atoms. The van der Waals surface area contributed by atoms with Gasteiger partial charge >= 0.3 is 11.8 Å². The molecule has 2 aromatic heterocycles. The molecule has 0 atom stereocenters. The van der Waals surface area contributed by atoms with E-state index in [1.54, 1.807) is 41.8 Å². The number of benzene rings is 1. The highest BCUT2D eigenvalue weighted by atomic mass is 32.1. The van der Waals surface area contributed by atoms with Crippen LogP contribution in [-0.2, 0) is 16.1 Å². The van der Waals surface area contributed by atoms with Crippen molar-refractivity contribution in [2.24, 2.45) is 0 Å². The fourth-order valence-corrected chi connectivity index (χ4v) is 2.86. The lowest BCUT2D eigenvalue weighted by atomic mass is 10.2. The summed E-state index contributed by atoms with van der Waals surface area (Å²) in [5.74, 6) is -2.43. The number of rotatable bonds is 5. The van der Waals surface area contributed by atoms with Gasteiger partial charge in [0.1, 0.15) is 5.76 Å². The summed E-state index contributed by atoms with van der Waals surface area (Å²) < 4.78 is 5.04. The minimum absolute atomic E-state index is 0.0409. The smallest absolute Gasteiger partial charge is 0.327 e. The van der Waals surface area contributed by atoms with Crippen LogP contribution in [0.3, 0.4) is 0 Å². The summed E-state index contributed by atoms with van der Waals surface area (Å²) in [6.45, 7) is 0.0409. The Morgan fingerprint density at radius 1 is 0.897 bits per heavy atom. The van der Waals surface area contributed by atoms with Gasteiger partial charge in [-0.3, -0.25) is 30.0 Å². The lowest BCUT2D eigenvalue weighted by Crippen LogP contribution is -2.48. The number of nitrogens with one attached hydrogen (secondary N) is 4. The van der Waals surface area contributed by atoms with Gasteiger partial charge in [-0.05, 0) is 41.8 Å². The third kappa shape index (κ3) is 5.53. The Kier molecular flexibility index (Phi) is 6.38. The number of carbonyl (C=O) groups is 4. The first-order chi connectivity index (χ1) is 14.0. The van der Waals surface area contributed by atoms with Crippen LogP contribution in [0, 0.1) is 0 Å². The van der Waals surface area contributed by atoms with Gasteiger partial charge in [0.15, 0.2) is 0 Å². The fraction of sp³-hybridized carbons (Fsp3) is 0.0526. The Labute approximate surface area is 169 Å². The van der Waals surface area contributed by atoms with Crippen LogP contribution in [0.2, 0.25) is 0 Å². The SMILES string of the molecule is O=C(NCc1ccco1)C(=O)NNC(=O)c1cccc(NC(=O)c2cccs2)c1. The molecule has 0 saturated heterocycles. The average molecular weight is 412 g/mol. The summed E-state index contributed by atoms with van der Waals surface area (Å²) in [6.07, 6.45) is 1.44. The van der Waals surface area contributed by atoms with Crippen LogP contribution in [0.4, 0.5) is 5.69 Å². The summed E-state index contributed by atoms with van der Waals surface area (Å²) in [4.78, 5) is 48.3. The van der Waals surface area contributed by atoms with Crippen molar-refractivity contribution in [1.82, 2.24) is 16.2 Å². The summed E-state index contributed by atoms with van der Waals surface area (Å²) in [5, 5.41) is 6.82. The van der Waals surface area contributed by atoms with Crippen molar-refractivity contribution >= 4 is 40.7 Å². The van der Waals surface area contributed by atoms with Crippen LogP contribution in [-0.4, -0.2) is 23.6 Å². The second kappa shape index (κ2) is 9.33. The van der Waals surface area contributed by atoms with E-state index >= 15 is 0 Å². The van der Waals surface area contributed by atoms with Gasteiger partial charge in [-0.2, -0.15) is 0 Å². The number of thiophene rings is 1. The van der Waals surface area contributed by atoms with Crippen molar-refractivity contribution in [2.45, 2.75) is 6.54 Å². The number of hydrazine groups is 1. The van der Waals surface area contributed by atoms with Crippen LogP contribution in [0.25, 0.3) is 0 Å². The molecule has 0 radical (unpaired) electrons. The van der Waals surface area contributed by atoms with E-state index in [0.29, 0.717) is 16.3 Å². The molecule has 0 aliphatic carbocycles. The molecule has 0 aliphatic heterocycles. The molecule has 0 fully saturated rings. The zero-order valence-corrected chi connectivity index (χ0v) is 15.7. The van der Waals surface area contributed by atoms with Crippen molar-refractivity contribution in [3.8, 4) is 0 Å². The van der Waals surface area contributed by atoms with E-state index in [9.17, 15) is 19.2 Å². The number of hydrogen-bond acceptors (Lipinski definition) is 6. The normalized spacial score (nSPS) is 10.1. The third-order valence-electron chi connectivity index (χ3n) is 3.63. The highest BCUT2D eigenvalue weighted by molar-refractivity contribution is 7.12. The van der Waals surface area contributed by atoms with Crippen LogP contribution < -0.4 is 21.5 Å². The van der Waals surface area contributed by atoms with Gasteiger partial charge < -0.3 is 15.1 Å². The molecule has 2 heterocycles. The van der Waals surface area contributed by atoms with Crippen molar-refractivity contribution in [2.75, 3.05) is 5.32 Å². The maximum Gasteiger partial charge on any atom is 0.327 e. The largest absolute Gasteiger partial charge is 0.467 e. The first-order valence-corrected chi connectivity index (χ1v) is 9.26. The monoisotopic (exact) mass is 412 g/mol. The molecule has 29 heavy (non-hydrogen) atoms. The van der Waals surface area contributed by atoms with Gasteiger partial charge in [0.25, 0.3) is 11.8 Å². The Balaban J connectivity index is 1.50. The first kappa shape index (κ1) is 19.8. The van der Waals surface area contributed by atoms with Gasteiger partial charge in [-0.1, -0.05) is 12.1 Å². The molecule has 0 aliphatic rings. The summed E-state index contributed by atoms with van der Waals surface area (Å²) in [7, 11) is 0. The number of carbonyl (C=O) groups excluding carboxylic acids is 4. The molecule has 0 saturated carbocycles. The molecule has 3 aromatic rings.